The molecule has 4 N–H and O–H groups in total. The summed E-state index contributed by atoms with van der Waals surface area (Å²) in [6.07, 6.45) is 5.33. The van der Waals surface area contributed by atoms with Crippen molar-refractivity contribution in [3.63, 3.8) is 0 Å². The minimum Gasteiger partial charge on any atom is -0.454 e. The van der Waals surface area contributed by atoms with E-state index in [-0.39, 0.29) is 23.2 Å². The molecule has 0 heterocycles. The van der Waals surface area contributed by atoms with Crippen molar-refractivity contribution in [3.05, 3.63) is 48.0 Å². The van der Waals surface area contributed by atoms with Crippen LogP contribution in [-0.4, -0.2) is 21.0 Å². The molecule has 6 nitrogen and oxygen atoms in total. The van der Waals surface area contributed by atoms with Gasteiger partial charge in [0.1, 0.15) is 10.6 Å². The molecule has 0 spiro atoms. The highest BCUT2D eigenvalue weighted by atomic mass is 32.2. The fraction of sp³-hybridized carbons (Fsp3) is 0.263. The maximum atomic E-state index is 12.2. The third-order valence-corrected chi connectivity index (χ3v) is 4.40. The number of rotatable bonds is 8. The SMILES string of the molecule is C#CCNc1cc(CNC(C)C)cc(S(N)(=O)=O)c1Oc1ccccc1. The largest absolute Gasteiger partial charge is 0.454 e. The van der Waals surface area contributed by atoms with Crippen molar-refractivity contribution in [3.8, 4) is 23.8 Å². The van der Waals surface area contributed by atoms with Crippen LogP contribution in [0.15, 0.2) is 47.4 Å². The van der Waals surface area contributed by atoms with Gasteiger partial charge in [-0.1, -0.05) is 38.0 Å². The third-order valence-electron chi connectivity index (χ3n) is 3.48. The van der Waals surface area contributed by atoms with Gasteiger partial charge >= 0.3 is 0 Å². The lowest BCUT2D eigenvalue weighted by Crippen LogP contribution is -2.22. The molecule has 0 aliphatic carbocycles. The molecular formula is C19H23N3O3S. The zero-order valence-corrected chi connectivity index (χ0v) is 15.6. The number of terminal acetylenes is 1. The van der Waals surface area contributed by atoms with Crippen LogP contribution in [0.3, 0.4) is 0 Å². The monoisotopic (exact) mass is 373 g/mol. The first-order valence-corrected chi connectivity index (χ1v) is 9.69. The van der Waals surface area contributed by atoms with Crippen LogP contribution in [0.1, 0.15) is 19.4 Å². The lowest BCUT2D eigenvalue weighted by molar-refractivity contribution is 0.468. The third kappa shape index (κ3) is 5.49. The van der Waals surface area contributed by atoms with Crippen LogP contribution in [0.5, 0.6) is 11.5 Å². The van der Waals surface area contributed by atoms with Gasteiger partial charge in [-0.05, 0) is 29.8 Å². The molecule has 0 atom stereocenters. The van der Waals surface area contributed by atoms with Crippen molar-refractivity contribution in [1.82, 2.24) is 5.32 Å². The number of nitrogens with two attached hydrogens (primary N) is 1. The minimum absolute atomic E-state index is 0.0936. The van der Waals surface area contributed by atoms with Crippen LogP contribution in [0.25, 0.3) is 0 Å². The zero-order chi connectivity index (χ0) is 19.2. The van der Waals surface area contributed by atoms with E-state index in [1.165, 1.54) is 6.07 Å². The molecule has 138 valence electrons. The van der Waals surface area contributed by atoms with Crippen LogP contribution in [0.4, 0.5) is 5.69 Å². The van der Waals surface area contributed by atoms with Crippen LogP contribution >= 0.6 is 0 Å². The first-order valence-electron chi connectivity index (χ1n) is 8.14. The number of benzene rings is 2. The molecule has 0 aliphatic rings. The van der Waals surface area contributed by atoms with Crippen LogP contribution in [-0.2, 0) is 16.6 Å². The second-order valence-electron chi connectivity index (χ2n) is 6.02. The van der Waals surface area contributed by atoms with Crippen LogP contribution in [0.2, 0.25) is 0 Å². The molecule has 0 aliphatic heterocycles. The summed E-state index contributed by atoms with van der Waals surface area (Å²) in [5.74, 6) is 3.09. The Morgan fingerprint density at radius 1 is 1.23 bits per heavy atom. The summed E-state index contributed by atoms with van der Waals surface area (Å²) in [6.45, 7) is 4.71. The first kappa shape index (κ1) is 19.8. The fourth-order valence-corrected chi connectivity index (χ4v) is 3.01. The summed E-state index contributed by atoms with van der Waals surface area (Å²) in [5.41, 5.74) is 1.22. The molecular weight excluding hydrogens is 350 g/mol. The quantitative estimate of drug-likeness (QED) is 0.619. The maximum absolute atomic E-state index is 12.2. The van der Waals surface area contributed by atoms with E-state index in [0.717, 1.165) is 5.56 Å². The van der Waals surface area contributed by atoms with Gasteiger partial charge in [-0.2, -0.15) is 0 Å². The number of hydrogen-bond donors (Lipinski definition) is 3. The first-order chi connectivity index (χ1) is 12.3. The summed E-state index contributed by atoms with van der Waals surface area (Å²) >= 11 is 0. The van der Waals surface area contributed by atoms with Gasteiger partial charge in [0.2, 0.25) is 10.0 Å². The Labute approximate surface area is 154 Å². The van der Waals surface area contributed by atoms with E-state index >= 15 is 0 Å². The van der Waals surface area contributed by atoms with E-state index < -0.39 is 10.0 Å². The molecule has 2 rings (SSSR count). The Kier molecular flexibility index (Phi) is 6.64. The second-order valence-corrected chi connectivity index (χ2v) is 7.55. The zero-order valence-electron chi connectivity index (χ0n) is 14.8. The number of anilines is 1. The van der Waals surface area contributed by atoms with Crippen molar-refractivity contribution in [2.45, 2.75) is 31.3 Å². The van der Waals surface area contributed by atoms with Crippen LogP contribution < -0.4 is 20.5 Å². The van der Waals surface area contributed by atoms with Gasteiger partial charge in [-0.25, -0.2) is 13.6 Å². The molecule has 7 heteroatoms. The maximum Gasteiger partial charge on any atom is 0.241 e. The molecule has 0 saturated carbocycles. The Hall–Kier alpha value is -2.53. The van der Waals surface area contributed by atoms with Gasteiger partial charge in [0, 0.05) is 12.6 Å². The topological polar surface area (TPSA) is 93.5 Å². The summed E-state index contributed by atoms with van der Waals surface area (Å²) in [4.78, 5) is -0.0936. The average Bonchev–Trinajstić information content (AvgIpc) is 2.59. The van der Waals surface area contributed by atoms with Gasteiger partial charge in [0.25, 0.3) is 0 Å². The summed E-state index contributed by atoms with van der Waals surface area (Å²) < 4.78 is 30.2. The van der Waals surface area contributed by atoms with Crippen LogP contribution in [0, 0.1) is 12.3 Å². The highest BCUT2D eigenvalue weighted by molar-refractivity contribution is 7.89. The van der Waals surface area contributed by atoms with Crippen molar-refractivity contribution in [2.24, 2.45) is 5.14 Å². The van der Waals surface area contributed by atoms with Gasteiger partial charge in [-0.15, -0.1) is 6.42 Å². The fourth-order valence-electron chi connectivity index (χ4n) is 2.28. The van der Waals surface area contributed by atoms with E-state index in [1.54, 1.807) is 30.3 Å². The molecule has 0 unspecified atom stereocenters. The molecule has 2 aromatic rings. The second kappa shape index (κ2) is 8.72. The molecule has 0 radical (unpaired) electrons. The smallest absolute Gasteiger partial charge is 0.241 e. The predicted molar refractivity (Wildman–Crippen MR) is 104 cm³/mol. The predicted octanol–water partition coefficient (Wildman–Crippen LogP) is 2.67. The standard InChI is InChI=1S/C19H23N3O3S/c1-4-10-21-17-11-15(13-22-14(2)3)12-18(26(20,23)24)19(17)25-16-8-6-5-7-9-16/h1,5-9,11-12,14,21-22H,10,13H2,2-3H3,(H2,20,23,24). The molecule has 0 bridgehead atoms. The van der Waals surface area contributed by atoms with Gasteiger partial charge in [-0.3, -0.25) is 0 Å². The Balaban J connectivity index is 2.55. The van der Waals surface area contributed by atoms with Crippen molar-refractivity contribution < 1.29 is 13.2 Å². The Morgan fingerprint density at radius 2 is 1.92 bits per heavy atom. The Bertz CT molecular complexity index is 888. The van der Waals surface area contributed by atoms with Gasteiger partial charge in [0.05, 0.1) is 12.2 Å². The summed E-state index contributed by atoms with van der Waals surface area (Å²) in [5, 5.41) is 11.7. The normalized spacial score (nSPS) is 11.2. The van der Waals surface area contributed by atoms with Gasteiger partial charge < -0.3 is 15.4 Å². The molecule has 2 aromatic carbocycles. The average molecular weight is 373 g/mol. The number of primary sulfonamides is 1. The lowest BCUT2D eigenvalue weighted by atomic mass is 10.1. The van der Waals surface area contributed by atoms with Crippen molar-refractivity contribution >= 4 is 15.7 Å². The molecule has 0 fully saturated rings. The number of sulfonamides is 1. The Morgan fingerprint density at radius 3 is 2.50 bits per heavy atom. The van der Waals surface area contributed by atoms with Crippen molar-refractivity contribution in [2.75, 3.05) is 11.9 Å². The summed E-state index contributed by atoms with van der Waals surface area (Å²) in [7, 11) is -4.01. The minimum atomic E-state index is -4.01. The van der Waals surface area contributed by atoms with E-state index in [9.17, 15) is 8.42 Å². The lowest BCUT2D eigenvalue weighted by Gasteiger charge is -2.18. The number of para-hydroxylation sites is 1. The van der Waals surface area contributed by atoms with E-state index in [0.29, 0.717) is 18.0 Å². The summed E-state index contributed by atoms with van der Waals surface area (Å²) in [6, 6.07) is 12.5. The van der Waals surface area contributed by atoms with Crippen molar-refractivity contribution in [1.29, 1.82) is 0 Å². The molecule has 0 aromatic heterocycles. The molecule has 26 heavy (non-hydrogen) atoms. The molecule has 0 amide bonds. The highest BCUT2D eigenvalue weighted by Gasteiger charge is 2.21. The van der Waals surface area contributed by atoms with Gasteiger partial charge in [0.15, 0.2) is 5.75 Å². The number of nitrogens with one attached hydrogen (secondary N) is 2. The highest BCUT2D eigenvalue weighted by Crippen LogP contribution is 2.37. The molecule has 0 saturated heterocycles. The number of hydrogen-bond acceptors (Lipinski definition) is 5. The van der Waals surface area contributed by atoms with E-state index in [2.05, 4.69) is 16.6 Å². The van der Waals surface area contributed by atoms with E-state index in [1.807, 2.05) is 19.9 Å². The van der Waals surface area contributed by atoms with E-state index in [4.69, 9.17) is 16.3 Å². The number of ether oxygens (including phenoxy) is 1.